The maximum atomic E-state index is 13.9. The van der Waals surface area contributed by atoms with Gasteiger partial charge in [-0.1, -0.05) is 49.2 Å². The van der Waals surface area contributed by atoms with Crippen molar-refractivity contribution < 1.29 is 4.39 Å². The van der Waals surface area contributed by atoms with Gasteiger partial charge in [0.15, 0.2) is 5.82 Å². The molecule has 28 heavy (non-hydrogen) atoms. The molecule has 4 rings (SSSR count). The highest BCUT2D eigenvalue weighted by molar-refractivity contribution is 7.98. The predicted octanol–water partition coefficient (Wildman–Crippen LogP) is 7.39. The van der Waals surface area contributed by atoms with E-state index in [2.05, 4.69) is 15.0 Å². The number of imidazole rings is 1. The molecular weight excluding hydrogens is 416 g/mol. The van der Waals surface area contributed by atoms with Crippen molar-refractivity contribution in [2.45, 2.75) is 24.5 Å². The summed E-state index contributed by atoms with van der Waals surface area (Å²) in [4.78, 5) is 13.0. The first-order valence-corrected chi connectivity index (χ1v) is 10.5. The van der Waals surface area contributed by atoms with Gasteiger partial charge in [0.05, 0.1) is 16.1 Å². The van der Waals surface area contributed by atoms with Crippen LogP contribution in [0.1, 0.15) is 19.4 Å². The normalized spacial score (nSPS) is 10.6. The highest BCUT2D eigenvalue weighted by Gasteiger charge is 2.11. The Morgan fingerprint density at radius 2 is 1.89 bits per heavy atom. The average Bonchev–Trinajstić information content (AvgIpc) is 3.12. The first-order chi connectivity index (χ1) is 13.6. The zero-order chi connectivity index (χ0) is 20.1. The number of aromatic amines is 1. The number of hydrogen-bond acceptors (Lipinski definition) is 3. The summed E-state index contributed by atoms with van der Waals surface area (Å²) in [7, 11) is 0. The quantitative estimate of drug-likeness (QED) is 0.341. The van der Waals surface area contributed by atoms with Gasteiger partial charge in [-0.05, 0) is 42.0 Å². The van der Waals surface area contributed by atoms with E-state index in [-0.39, 0.29) is 5.82 Å². The van der Waals surface area contributed by atoms with Crippen LogP contribution < -0.4 is 0 Å². The van der Waals surface area contributed by atoms with Crippen LogP contribution in [-0.2, 0) is 5.75 Å². The SMILES string of the molecule is CC.Fc1cc(Cl)ccc1CSc1cc2nc(-c3ccccn3)[nH]c2cc1Cl. The molecule has 0 amide bonds. The van der Waals surface area contributed by atoms with Crippen molar-refractivity contribution >= 4 is 46.0 Å². The summed E-state index contributed by atoms with van der Waals surface area (Å²) >= 11 is 13.6. The van der Waals surface area contributed by atoms with Crippen LogP contribution in [0.3, 0.4) is 0 Å². The van der Waals surface area contributed by atoms with E-state index in [1.807, 2.05) is 44.2 Å². The monoisotopic (exact) mass is 433 g/mol. The Labute approximate surface area is 177 Å². The third-order valence-corrected chi connectivity index (χ3v) is 5.61. The minimum absolute atomic E-state index is 0.320. The highest BCUT2D eigenvalue weighted by Crippen LogP contribution is 2.34. The average molecular weight is 434 g/mol. The van der Waals surface area contributed by atoms with Crippen molar-refractivity contribution in [1.82, 2.24) is 15.0 Å². The number of aromatic nitrogens is 3. The number of thioether (sulfide) groups is 1. The van der Waals surface area contributed by atoms with Gasteiger partial charge < -0.3 is 4.98 Å². The van der Waals surface area contributed by atoms with Crippen molar-refractivity contribution in [2.75, 3.05) is 0 Å². The van der Waals surface area contributed by atoms with E-state index in [9.17, 15) is 4.39 Å². The van der Waals surface area contributed by atoms with Gasteiger partial charge in [-0.2, -0.15) is 0 Å². The zero-order valence-corrected chi connectivity index (χ0v) is 17.7. The van der Waals surface area contributed by atoms with Crippen LogP contribution >= 0.6 is 35.0 Å². The molecule has 2 heterocycles. The lowest BCUT2D eigenvalue weighted by atomic mass is 10.2. The number of pyridine rings is 1. The highest BCUT2D eigenvalue weighted by atomic mass is 35.5. The number of halogens is 3. The molecule has 0 aliphatic rings. The molecule has 0 unspecified atom stereocenters. The Hall–Kier alpha value is -2.08. The van der Waals surface area contributed by atoms with Crippen molar-refractivity contribution in [3.63, 3.8) is 0 Å². The molecule has 4 aromatic rings. The first kappa shape index (κ1) is 20.6. The number of benzene rings is 2. The van der Waals surface area contributed by atoms with Crippen LogP contribution in [0.5, 0.6) is 0 Å². The second kappa shape index (κ2) is 9.41. The fraction of sp³-hybridized carbons (Fsp3) is 0.143. The van der Waals surface area contributed by atoms with E-state index in [4.69, 9.17) is 23.2 Å². The second-order valence-electron chi connectivity index (χ2n) is 5.62. The maximum Gasteiger partial charge on any atom is 0.157 e. The summed E-state index contributed by atoms with van der Waals surface area (Å²) in [6, 6.07) is 14.1. The van der Waals surface area contributed by atoms with E-state index in [1.165, 1.54) is 17.8 Å². The van der Waals surface area contributed by atoms with Gasteiger partial charge in [0.25, 0.3) is 0 Å². The number of nitrogens with zero attached hydrogens (tertiary/aromatic N) is 2. The summed E-state index contributed by atoms with van der Waals surface area (Å²) in [6.45, 7) is 4.00. The minimum Gasteiger partial charge on any atom is -0.337 e. The molecule has 0 bridgehead atoms. The molecule has 0 aliphatic heterocycles. The van der Waals surface area contributed by atoms with Crippen molar-refractivity contribution in [3.8, 4) is 11.5 Å². The summed E-state index contributed by atoms with van der Waals surface area (Å²) < 4.78 is 13.9. The molecule has 7 heteroatoms. The van der Waals surface area contributed by atoms with Gasteiger partial charge in [0, 0.05) is 21.9 Å². The summed E-state index contributed by atoms with van der Waals surface area (Å²) in [5, 5.41) is 0.974. The van der Waals surface area contributed by atoms with E-state index >= 15 is 0 Å². The van der Waals surface area contributed by atoms with Crippen molar-refractivity contribution in [2.24, 2.45) is 0 Å². The minimum atomic E-state index is -0.320. The summed E-state index contributed by atoms with van der Waals surface area (Å²) in [6.07, 6.45) is 1.72. The first-order valence-electron chi connectivity index (χ1n) is 8.77. The van der Waals surface area contributed by atoms with Gasteiger partial charge in [-0.3, -0.25) is 4.98 Å². The van der Waals surface area contributed by atoms with Crippen molar-refractivity contribution in [1.29, 1.82) is 0 Å². The van der Waals surface area contributed by atoms with Gasteiger partial charge in [0.2, 0.25) is 0 Å². The Morgan fingerprint density at radius 1 is 1.07 bits per heavy atom. The Bertz CT molecular complexity index is 1080. The van der Waals surface area contributed by atoms with Crippen LogP contribution in [0, 0.1) is 5.82 Å². The van der Waals surface area contributed by atoms with E-state index in [0.717, 1.165) is 21.6 Å². The zero-order valence-electron chi connectivity index (χ0n) is 15.3. The van der Waals surface area contributed by atoms with E-state index in [1.54, 1.807) is 18.3 Å². The molecule has 0 radical (unpaired) electrons. The number of nitrogens with one attached hydrogen (secondary N) is 1. The van der Waals surface area contributed by atoms with Crippen LogP contribution in [0.15, 0.2) is 59.6 Å². The van der Waals surface area contributed by atoms with Crippen LogP contribution in [0.25, 0.3) is 22.6 Å². The lowest BCUT2D eigenvalue weighted by Gasteiger charge is -2.06. The number of hydrogen-bond donors (Lipinski definition) is 1. The summed E-state index contributed by atoms with van der Waals surface area (Å²) in [5.41, 5.74) is 2.95. The topological polar surface area (TPSA) is 41.6 Å². The fourth-order valence-electron chi connectivity index (χ4n) is 2.54. The third kappa shape index (κ3) is 4.66. The van der Waals surface area contributed by atoms with Gasteiger partial charge in [-0.25, -0.2) is 9.37 Å². The lowest BCUT2D eigenvalue weighted by Crippen LogP contribution is -1.87. The molecule has 0 atom stereocenters. The molecule has 0 spiro atoms. The molecule has 2 aromatic carbocycles. The second-order valence-corrected chi connectivity index (χ2v) is 7.49. The number of fused-ring (bicyclic) bond motifs is 1. The molecule has 1 N–H and O–H groups in total. The third-order valence-electron chi connectivity index (χ3n) is 3.84. The molecular formula is C21H18Cl2FN3S. The van der Waals surface area contributed by atoms with E-state index in [0.29, 0.717) is 27.2 Å². The Kier molecular flexibility index (Phi) is 6.94. The van der Waals surface area contributed by atoms with Gasteiger partial charge in [-0.15, -0.1) is 11.8 Å². The Morgan fingerprint density at radius 3 is 2.61 bits per heavy atom. The lowest BCUT2D eigenvalue weighted by molar-refractivity contribution is 0.617. The maximum absolute atomic E-state index is 13.9. The number of H-pyrrole nitrogens is 1. The molecule has 0 fully saturated rings. The van der Waals surface area contributed by atoms with Crippen molar-refractivity contribution in [3.05, 3.63) is 76.2 Å². The largest absolute Gasteiger partial charge is 0.337 e. The molecule has 0 saturated carbocycles. The predicted molar refractivity (Wildman–Crippen MR) is 117 cm³/mol. The standard InChI is InChI=1S/C19H12Cl2FN3S.C2H6/c20-12-5-4-11(14(22)7-12)10-26-18-9-17-16(8-13(18)21)24-19(25-17)15-3-1-2-6-23-15;1-2/h1-9H,10H2,(H,24,25);1-2H3. The molecule has 2 aromatic heterocycles. The van der Waals surface area contributed by atoms with Crippen LogP contribution in [0.2, 0.25) is 10.0 Å². The molecule has 0 aliphatic carbocycles. The molecule has 0 saturated heterocycles. The van der Waals surface area contributed by atoms with Crippen LogP contribution in [-0.4, -0.2) is 15.0 Å². The van der Waals surface area contributed by atoms with Gasteiger partial charge in [0.1, 0.15) is 11.5 Å². The Balaban J connectivity index is 0.00000109. The molecule has 3 nitrogen and oxygen atoms in total. The molecule has 144 valence electrons. The van der Waals surface area contributed by atoms with E-state index < -0.39 is 0 Å². The smallest absolute Gasteiger partial charge is 0.157 e. The number of rotatable bonds is 4. The summed E-state index contributed by atoms with van der Waals surface area (Å²) in [5.74, 6) is 0.813. The van der Waals surface area contributed by atoms with Crippen LogP contribution in [0.4, 0.5) is 4.39 Å². The fourth-order valence-corrected chi connectivity index (χ4v) is 3.96. The van der Waals surface area contributed by atoms with Gasteiger partial charge >= 0.3 is 0 Å².